The van der Waals surface area contributed by atoms with Crippen LogP contribution in [0.3, 0.4) is 0 Å². The average molecular weight is 529 g/mol. The van der Waals surface area contributed by atoms with Gasteiger partial charge in [-0.3, -0.25) is 23.7 Å². The third kappa shape index (κ3) is 5.60. The van der Waals surface area contributed by atoms with Gasteiger partial charge in [-0.1, -0.05) is 32.0 Å². The number of aliphatic hydroxyl groups is 1. The van der Waals surface area contributed by atoms with E-state index in [1.807, 2.05) is 4.98 Å². The summed E-state index contributed by atoms with van der Waals surface area (Å²) in [4.78, 5) is 37.5. The summed E-state index contributed by atoms with van der Waals surface area (Å²) in [5.74, 6) is -1.78. The summed E-state index contributed by atoms with van der Waals surface area (Å²) < 4.78 is 46.5. The third-order valence-electron chi connectivity index (χ3n) is 6.17. The van der Waals surface area contributed by atoms with Crippen molar-refractivity contribution in [2.24, 2.45) is 5.92 Å². The van der Waals surface area contributed by atoms with Crippen LogP contribution in [0.1, 0.15) is 33.9 Å². The Bertz CT molecular complexity index is 1250. The number of aliphatic hydroxyl groups excluding tert-OH is 1. The molecule has 4 N–H and O–H groups in total. The van der Waals surface area contributed by atoms with Crippen LogP contribution >= 0.6 is 7.75 Å². The summed E-state index contributed by atoms with van der Waals surface area (Å²) in [7, 11) is -4.46. The van der Waals surface area contributed by atoms with Crippen LogP contribution in [-0.2, 0) is 18.6 Å². The van der Waals surface area contributed by atoms with Crippen LogP contribution in [0, 0.1) is 5.92 Å². The molecule has 1 saturated heterocycles. The summed E-state index contributed by atoms with van der Waals surface area (Å²) in [6, 6.07) is 8.83. The molecule has 1 unspecified atom stereocenters. The van der Waals surface area contributed by atoms with Gasteiger partial charge in [0.1, 0.15) is 23.5 Å². The molecule has 0 aliphatic carbocycles. The van der Waals surface area contributed by atoms with E-state index in [1.165, 1.54) is 19.1 Å². The number of benzene rings is 1. The highest BCUT2D eigenvalue weighted by Crippen LogP contribution is 2.49. The number of H-pyrrole nitrogens is 1. The van der Waals surface area contributed by atoms with Crippen molar-refractivity contribution in [3.05, 3.63) is 63.4 Å². The number of hydrogen-bond acceptors (Lipinski definition) is 8. The van der Waals surface area contributed by atoms with Gasteiger partial charge in [0.15, 0.2) is 11.9 Å². The second-order valence-corrected chi connectivity index (χ2v) is 10.8. The van der Waals surface area contributed by atoms with Gasteiger partial charge in [-0.25, -0.2) is 13.8 Å². The van der Waals surface area contributed by atoms with E-state index >= 15 is 4.39 Å². The quantitative estimate of drug-likeness (QED) is 0.333. The first-order chi connectivity index (χ1) is 16.7. The maximum atomic E-state index is 15.5. The summed E-state index contributed by atoms with van der Waals surface area (Å²) >= 11 is 0. The normalized spacial score (nSPS) is 27.4. The molecule has 3 rings (SSSR count). The monoisotopic (exact) mass is 529 g/mol. The number of carboxylic acid groups (broad SMARTS) is 1. The number of aliphatic carboxylic acids is 1. The van der Waals surface area contributed by atoms with Crippen LogP contribution in [0.4, 0.5) is 4.39 Å². The second-order valence-electron chi connectivity index (χ2n) is 9.11. The minimum atomic E-state index is -4.46. The number of carbonyl (C=O) groups is 1. The number of aromatic nitrogens is 2. The molecule has 0 amide bonds. The molecule has 0 spiro atoms. The Kier molecular flexibility index (Phi) is 7.92. The zero-order valence-corrected chi connectivity index (χ0v) is 21.0. The van der Waals surface area contributed by atoms with Crippen molar-refractivity contribution >= 4 is 13.7 Å². The maximum absolute atomic E-state index is 15.5. The lowest BCUT2D eigenvalue weighted by Gasteiger charge is -2.33. The fourth-order valence-electron chi connectivity index (χ4n) is 3.54. The van der Waals surface area contributed by atoms with E-state index in [4.69, 9.17) is 13.8 Å². The number of halogens is 1. The smallest absolute Gasteiger partial charge is 0.459 e. The number of carboxylic acids is 1. The molecule has 1 aromatic heterocycles. The summed E-state index contributed by atoms with van der Waals surface area (Å²) in [5.41, 5.74) is -5.92. The highest BCUT2D eigenvalue weighted by Gasteiger charge is 2.56. The van der Waals surface area contributed by atoms with Gasteiger partial charge in [0.05, 0.1) is 6.61 Å². The SMILES string of the molecule is CC(C)[C@](C)(NP(=O)(OC[C@H]1O[C@@H](n2ccc(=O)[nH]c2=O)[C@](C)(F)[C@@H]1O)Oc1ccccc1)C(=O)O. The molecule has 1 aromatic carbocycles. The van der Waals surface area contributed by atoms with E-state index in [0.29, 0.717) is 0 Å². The van der Waals surface area contributed by atoms with E-state index in [2.05, 4.69) is 5.09 Å². The molecule has 198 valence electrons. The molecule has 2 heterocycles. The Morgan fingerprint density at radius 1 is 1.33 bits per heavy atom. The van der Waals surface area contributed by atoms with Crippen LogP contribution in [0.2, 0.25) is 0 Å². The predicted octanol–water partition coefficient (Wildman–Crippen LogP) is 1.82. The van der Waals surface area contributed by atoms with E-state index < -0.39 is 67.1 Å². The molecule has 1 aliphatic heterocycles. The third-order valence-corrected chi connectivity index (χ3v) is 7.85. The van der Waals surface area contributed by atoms with Gasteiger partial charge in [0.2, 0.25) is 0 Å². The van der Waals surface area contributed by atoms with Crippen LogP contribution in [0.5, 0.6) is 5.75 Å². The number of rotatable bonds is 10. The van der Waals surface area contributed by atoms with Crippen molar-refractivity contribution in [3.8, 4) is 5.75 Å². The minimum absolute atomic E-state index is 0.103. The lowest BCUT2D eigenvalue weighted by atomic mass is 9.90. The Hall–Kier alpha value is -2.83. The summed E-state index contributed by atoms with van der Waals surface area (Å²) in [6.07, 6.45) is -3.91. The number of hydrogen-bond donors (Lipinski definition) is 4. The topological polar surface area (TPSA) is 169 Å². The fourth-order valence-corrected chi connectivity index (χ4v) is 5.37. The zero-order chi connectivity index (χ0) is 26.9. The number of aromatic amines is 1. The lowest BCUT2D eigenvalue weighted by molar-refractivity contribution is -0.145. The van der Waals surface area contributed by atoms with Gasteiger partial charge in [-0.2, -0.15) is 5.09 Å². The molecule has 12 nitrogen and oxygen atoms in total. The molecular weight excluding hydrogens is 500 g/mol. The van der Waals surface area contributed by atoms with Gasteiger partial charge >= 0.3 is 19.4 Å². The Labute approximate surface area is 205 Å². The van der Waals surface area contributed by atoms with Crippen LogP contribution in [0.15, 0.2) is 52.2 Å². The van der Waals surface area contributed by atoms with Crippen molar-refractivity contribution in [1.82, 2.24) is 14.6 Å². The van der Waals surface area contributed by atoms with Crippen molar-refractivity contribution in [1.29, 1.82) is 0 Å². The molecule has 1 aliphatic rings. The highest BCUT2D eigenvalue weighted by molar-refractivity contribution is 7.52. The lowest BCUT2D eigenvalue weighted by Crippen LogP contribution is -2.53. The van der Waals surface area contributed by atoms with E-state index in [-0.39, 0.29) is 5.75 Å². The summed E-state index contributed by atoms with van der Waals surface area (Å²) in [6.45, 7) is 4.80. The van der Waals surface area contributed by atoms with Crippen molar-refractivity contribution < 1.29 is 37.7 Å². The zero-order valence-electron chi connectivity index (χ0n) is 20.1. The average Bonchev–Trinajstić information content (AvgIpc) is 3.01. The Morgan fingerprint density at radius 3 is 2.53 bits per heavy atom. The van der Waals surface area contributed by atoms with E-state index in [9.17, 15) is 29.2 Å². The molecule has 2 aromatic rings. The van der Waals surface area contributed by atoms with E-state index in [0.717, 1.165) is 23.8 Å². The fraction of sp³-hybridized carbons (Fsp3) is 0.500. The van der Waals surface area contributed by atoms with Gasteiger partial charge in [-0.05, 0) is 31.9 Å². The maximum Gasteiger partial charge on any atom is 0.459 e. The first kappa shape index (κ1) is 27.8. The number of para-hydroxylation sites is 1. The van der Waals surface area contributed by atoms with Gasteiger partial charge < -0.3 is 19.5 Å². The molecule has 0 bridgehead atoms. The van der Waals surface area contributed by atoms with Gasteiger partial charge in [0, 0.05) is 12.3 Å². The molecule has 0 saturated carbocycles. The van der Waals surface area contributed by atoms with Crippen LogP contribution < -0.4 is 20.9 Å². The standard InChI is InChI=1S/C22H29FN3O9P/c1-13(2)22(4,19(29)30)25-36(32,35-14-8-6-5-7-9-14)33-12-15-17(28)21(3,23)18(34-15)26-11-10-16(27)24-20(26)31/h5-11,13,15,17-18,28H,12H2,1-4H3,(H,25,32)(H,29,30)(H,24,27,31)/t15-,17-,18-,21-,22+,36?/m1/s1. The highest BCUT2D eigenvalue weighted by atomic mass is 31.2. The van der Waals surface area contributed by atoms with Crippen molar-refractivity contribution in [3.63, 3.8) is 0 Å². The Morgan fingerprint density at radius 2 is 1.97 bits per heavy atom. The van der Waals surface area contributed by atoms with Gasteiger partial charge in [0.25, 0.3) is 5.56 Å². The Balaban J connectivity index is 1.88. The minimum Gasteiger partial charge on any atom is -0.480 e. The first-order valence-corrected chi connectivity index (χ1v) is 12.6. The molecule has 6 atom stereocenters. The van der Waals surface area contributed by atoms with Gasteiger partial charge in [-0.15, -0.1) is 0 Å². The molecule has 14 heteroatoms. The first-order valence-electron chi connectivity index (χ1n) is 11.1. The summed E-state index contributed by atoms with van der Waals surface area (Å²) in [5, 5.41) is 22.8. The van der Waals surface area contributed by atoms with Crippen LogP contribution in [-0.4, -0.2) is 55.8 Å². The van der Waals surface area contributed by atoms with Crippen molar-refractivity contribution in [2.75, 3.05) is 6.61 Å². The van der Waals surface area contributed by atoms with Crippen LogP contribution in [0.25, 0.3) is 0 Å². The molecule has 36 heavy (non-hydrogen) atoms. The molecule has 1 fully saturated rings. The van der Waals surface area contributed by atoms with Crippen molar-refractivity contribution in [2.45, 2.75) is 57.3 Å². The number of nitrogens with zero attached hydrogens (tertiary/aromatic N) is 1. The molecule has 0 radical (unpaired) electrons. The second kappa shape index (κ2) is 10.3. The number of nitrogens with one attached hydrogen (secondary N) is 2. The predicted molar refractivity (Wildman–Crippen MR) is 125 cm³/mol. The largest absolute Gasteiger partial charge is 0.480 e. The van der Waals surface area contributed by atoms with E-state index in [1.54, 1.807) is 32.0 Å². The number of alkyl halides is 1. The number of ether oxygens (including phenoxy) is 1. The molecular formula is C22H29FN3O9P.